The summed E-state index contributed by atoms with van der Waals surface area (Å²) in [5.41, 5.74) is -0.649. The first-order valence-electron chi connectivity index (χ1n) is 8.34. The van der Waals surface area contributed by atoms with Crippen LogP contribution in [0.5, 0.6) is 0 Å². The van der Waals surface area contributed by atoms with Gasteiger partial charge in [0.05, 0.1) is 11.9 Å². The number of nitrogens with one attached hydrogen (secondary N) is 1. The second-order valence-corrected chi connectivity index (χ2v) is 7.17. The van der Waals surface area contributed by atoms with Crippen LogP contribution in [0.1, 0.15) is 18.7 Å². The van der Waals surface area contributed by atoms with Crippen LogP contribution in [0.4, 0.5) is 0 Å². The Balaban J connectivity index is 1.82. The van der Waals surface area contributed by atoms with Crippen molar-refractivity contribution in [1.82, 2.24) is 24.4 Å². The van der Waals surface area contributed by atoms with Crippen LogP contribution < -0.4 is 16.6 Å². The summed E-state index contributed by atoms with van der Waals surface area (Å²) in [5.74, 6) is 0.393. The summed E-state index contributed by atoms with van der Waals surface area (Å²) in [4.78, 5) is 45.2. The van der Waals surface area contributed by atoms with Gasteiger partial charge in [0.1, 0.15) is 16.2 Å². The van der Waals surface area contributed by atoms with Gasteiger partial charge in [-0.05, 0) is 19.8 Å². The maximum absolute atomic E-state index is 12.5. The lowest BCUT2D eigenvalue weighted by atomic mass is 10.2. The van der Waals surface area contributed by atoms with Crippen molar-refractivity contribution < 1.29 is 9.53 Å². The third kappa shape index (κ3) is 3.65. The lowest BCUT2D eigenvalue weighted by Gasteiger charge is -2.12. The number of hydrogen-bond donors (Lipinski definition) is 1. The van der Waals surface area contributed by atoms with Gasteiger partial charge in [0.15, 0.2) is 5.65 Å². The predicted molar refractivity (Wildman–Crippen MR) is 97.5 cm³/mol. The zero-order chi connectivity index (χ0) is 18.8. The van der Waals surface area contributed by atoms with Crippen molar-refractivity contribution in [2.24, 2.45) is 14.1 Å². The second-order valence-electron chi connectivity index (χ2n) is 6.21. The first-order chi connectivity index (χ1) is 12.4. The molecular weight excluding hydrogens is 358 g/mol. The van der Waals surface area contributed by atoms with E-state index in [-0.39, 0.29) is 28.8 Å². The quantitative estimate of drug-likeness (QED) is 0.562. The van der Waals surface area contributed by atoms with Crippen LogP contribution in [0.2, 0.25) is 0 Å². The lowest BCUT2D eigenvalue weighted by Crippen LogP contribution is -2.38. The highest BCUT2D eigenvalue weighted by Crippen LogP contribution is 2.21. The Labute approximate surface area is 153 Å². The highest BCUT2D eigenvalue weighted by atomic mass is 32.2. The minimum atomic E-state index is -0.467. The molecule has 1 saturated heterocycles. The minimum absolute atomic E-state index is 0.0768. The topological polar surface area (TPSA) is 108 Å². The normalized spacial score (nSPS) is 17.0. The molecular formula is C16H21N5O4S. The number of ether oxygens (including phenoxy) is 1. The zero-order valence-corrected chi connectivity index (χ0v) is 15.8. The fourth-order valence-electron chi connectivity index (χ4n) is 2.86. The van der Waals surface area contributed by atoms with Gasteiger partial charge in [0.2, 0.25) is 5.91 Å². The van der Waals surface area contributed by atoms with Crippen LogP contribution in [0, 0.1) is 6.92 Å². The Bertz CT molecular complexity index is 962. The molecule has 1 amide bonds. The van der Waals surface area contributed by atoms with Crippen LogP contribution in [0.25, 0.3) is 11.0 Å². The van der Waals surface area contributed by atoms with E-state index in [1.165, 1.54) is 11.6 Å². The van der Waals surface area contributed by atoms with E-state index in [0.29, 0.717) is 17.4 Å². The van der Waals surface area contributed by atoms with Crippen LogP contribution >= 0.6 is 11.8 Å². The third-order valence-corrected chi connectivity index (χ3v) is 5.24. The third-order valence-electron chi connectivity index (χ3n) is 4.27. The summed E-state index contributed by atoms with van der Waals surface area (Å²) in [7, 11) is 2.96. The smallest absolute Gasteiger partial charge is 0.332 e. The number of aromatic nitrogens is 4. The first kappa shape index (κ1) is 18.6. The van der Waals surface area contributed by atoms with E-state index in [4.69, 9.17) is 4.74 Å². The second kappa shape index (κ2) is 7.58. The molecule has 26 heavy (non-hydrogen) atoms. The Morgan fingerprint density at radius 1 is 1.31 bits per heavy atom. The molecule has 10 heteroatoms. The highest BCUT2D eigenvalue weighted by Gasteiger charge is 2.19. The van der Waals surface area contributed by atoms with Crippen molar-refractivity contribution in [1.29, 1.82) is 0 Å². The number of carbonyl (C=O) groups is 1. The molecule has 0 saturated carbocycles. The fourth-order valence-corrected chi connectivity index (χ4v) is 3.74. The van der Waals surface area contributed by atoms with Crippen LogP contribution in [-0.4, -0.2) is 50.0 Å². The van der Waals surface area contributed by atoms with E-state index in [1.54, 1.807) is 14.0 Å². The lowest BCUT2D eigenvalue weighted by molar-refractivity contribution is -0.119. The molecule has 0 bridgehead atoms. The van der Waals surface area contributed by atoms with Gasteiger partial charge in [-0.2, -0.15) is 0 Å². The van der Waals surface area contributed by atoms with E-state index >= 15 is 0 Å². The van der Waals surface area contributed by atoms with E-state index in [2.05, 4.69) is 15.3 Å². The number of carbonyl (C=O) groups excluding carboxylic acids is 1. The summed E-state index contributed by atoms with van der Waals surface area (Å²) >= 11 is 1.16. The molecule has 0 radical (unpaired) electrons. The van der Waals surface area contributed by atoms with Gasteiger partial charge >= 0.3 is 5.69 Å². The van der Waals surface area contributed by atoms with Gasteiger partial charge in [-0.1, -0.05) is 11.8 Å². The number of aryl methyl sites for hydroxylation is 2. The van der Waals surface area contributed by atoms with E-state index < -0.39 is 11.2 Å². The molecule has 0 aromatic carbocycles. The molecule has 140 valence electrons. The van der Waals surface area contributed by atoms with E-state index in [9.17, 15) is 14.4 Å². The van der Waals surface area contributed by atoms with Gasteiger partial charge in [-0.25, -0.2) is 14.8 Å². The molecule has 3 heterocycles. The zero-order valence-electron chi connectivity index (χ0n) is 14.9. The average molecular weight is 379 g/mol. The summed E-state index contributed by atoms with van der Waals surface area (Å²) in [5, 5.41) is 3.48. The van der Waals surface area contributed by atoms with Crippen LogP contribution in [-0.2, 0) is 23.6 Å². The molecule has 9 nitrogen and oxygen atoms in total. The maximum Gasteiger partial charge on any atom is 0.332 e. The Kier molecular flexibility index (Phi) is 5.42. The number of thioether (sulfide) groups is 1. The molecule has 2 aromatic heterocycles. The van der Waals surface area contributed by atoms with Gasteiger partial charge in [-0.15, -0.1) is 0 Å². The Morgan fingerprint density at radius 3 is 2.77 bits per heavy atom. The summed E-state index contributed by atoms with van der Waals surface area (Å²) < 4.78 is 7.80. The van der Waals surface area contributed by atoms with Gasteiger partial charge in [-0.3, -0.25) is 18.7 Å². The fraction of sp³-hybridized carbons (Fsp3) is 0.562. The van der Waals surface area contributed by atoms with Gasteiger partial charge in [0.25, 0.3) is 5.56 Å². The number of rotatable bonds is 5. The van der Waals surface area contributed by atoms with Crippen molar-refractivity contribution in [2.45, 2.75) is 30.9 Å². The van der Waals surface area contributed by atoms with Crippen molar-refractivity contribution in [2.75, 3.05) is 18.9 Å². The first-order valence-corrected chi connectivity index (χ1v) is 9.32. The monoisotopic (exact) mass is 379 g/mol. The van der Waals surface area contributed by atoms with Crippen LogP contribution in [0.15, 0.2) is 14.6 Å². The number of amides is 1. The van der Waals surface area contributed by atoms with Gasteiger partial charge < -0.3 is 10.1 Å². The summed E-state index contributed by atoms with van der Waals surface area (Å²) in [6.07, 6.45) is 2.05. The van der Waals surface area contributed by atoms with Crippen molar-refractivity contribution >= 4 is 28.7 Å². The SMILES string of the molecule is Cc1nc(SCC(=O)NC[C@H]2CCCO2)c2c(=O)n(C)c(=O)n(C)c2n1. The molecule has 0 spiro atoms. The van der Waals surface area contributed by atoms with Crippen LogP contribution in [0.3, 0.4) is 0 Å². The molecule has 0 aliphatic carbocycles. The summed E-state index contributed by atoms with van der Waals surface area (Å²) in [6.45, 7) is 2.91. The largest absolute Gasteiger partial charge is 0.376 e. The molecule has 1 N–H and O–H groups in total. The van der Waals surface area contributed by atoms with Gasteiger partial charge in [0, 0.05) is 27.2 Å². The standard InChI is InChI=1S/C16H21N5O4S/c1-9-18-13-12(15(23)21(3)16(24)20(13)2)14(19-9)26-8-11(22)17-7-10-5-4-6-25-10/h10H,4-8H2,1-3H3,(H,17,22)/t10-/m1/s1. The number of fused-ring (bicyclic) bond motifs is 1. The predicted octanol–water partition coefficient (Wildman–Crippen LogP) is -0.277. The highest BCUT2D eigenvalue weighted by molar-refractivity contribution is 8.00. The Morgan fingerprint density at radius 2 is 2.08 bits per heavy atom. The molecule has 1 aliphatic heterocycles. The number of nitrogens with zero attached hydrogens (tertiary/aromatic N) is 4. The molecule has 0 unspecified atom stereocenters. The molecule has 2 aromatic rings. The minimum Gasteiger partial charge on any atom is -0.376 e. The number of hydrogen-bond acceptors (Lipinski definition) is 7. The summed E-state index contributed by atoms with van der Waals surface area (Å²) in [6, 6.07) is 0. The molecule has 1 atom stereocenters. The Hall–Kier alpha value is -2.20. The molecule has 1 aliphatic rings. The van der Waals surface area contributed by atoms with E-state index in [1.807, 2.05) is 0 Å². The average Bonchev–Trinajstić information content (AvgIpc) is 3.14. The van der Waals surface area contributed by atoms with Crippen molar-refractivity contribution in [3.05, 3.63) is 26.7 Å². The van der Waals surface area contributed by atoms with Crippen molar-refractivity contribution in [3.63, 3.8) is 0 Å². The van der Waals surface area contributed by atoms with Crippen molar-refractivity contribution in [3.8, 4) is 0 Å². The molecule has 3 rings (SSSR count). The van der Waals surface area contributed by atoms with E-state index in [0.717, 1.165) is 35.8 Å². The maximum atomic E-state index is 12.5. The molecule has 1 fully saturated rings.